The number of piperidine rings is 1. The lowest BCUT2D eigenvalue weighted by Crippen LogP contribution is -2.46. The molecule has 2 fully saturated rings. The molecule has 0 saturated carbocycles. The molecular weight excluding hydrogens is 510 g/mol. The smallest absolute Gasteiger partial charge is 0.329 e. The van der Waals surface area contributed by atoms with Gasteiger partial charge in [-0.3, -0.25) is 33.8 Å². The van der Waals surface area contributed by atoms with Crippen LogP contribution in [0.4, 0.5) is 0 Å². The van der Waals surface area contributed by atoms with E-state index in [-0.39, 0.29) is 24.1 Å². The van der Waals surface area contributed by atoms with Crippen molar-refractivity contribution in [2.24, 2.45) is 7.05 Å². The Balaban J connectivity index is 1.20. The van der Waals surface area contributed by atoms with Gasteiger partial charge < -0.3 is 9.47 Å². The van der Waals surface area contributed by atoms with Crippen molar-refractivity contribution in [1.82, 2.24) is 24.3 Å². The summed E-state index contributed by atoms with van der Waals surface area (Å²) in [6.45, 7) is 4.59. The average Bonchev–Trinajstić information content (AvgIpc) is 3.18. The normalized spacial score (nSPS) is 19.9. The molecule has 1 aromatic heterocycles. The predicted molar refractivity (Wildman–Crippen MR) is 151 cm³/mol. The topological polar surface area (TPSA) is 98.0 Å². The lowest BCUT2D eigenvalue weighted by atomic mass is 10.1. The van der Waals surface area contributed by atoms with Crippen LogP contribution >= 0.6 is 0 Å². The molecule has 2 aromatic carbocycles. The Morgan fingerprint density at radius 3 is 2.67 bits per heavy atom. The van der Waals surface area contributed by atoms with E-state index in [1.807, 2.05) is 30.3 Å². The van der Waals surface area contributed by atoms with Gasteiger partial charge in [0.15, 0.2) is 0 Å². The number of nitrogens with one attached hydrogen (secondary N) is 1. The molecule has 0 bridgehead atoms. The second-order valence-electron chi connectivity index (χ2n) is 10.5. The number of hydrogen-bond acceptors (Lipinski definition) is 7. The SMILES string of the molecule is COc1ccc(CN(C)C[C@H]2CN(CC#Cc3ccc4c(c3)n(C)c(=O)n4C3CCC(=O)NC3=O)CCO2)cc1. The molecule has 2 atom stereocenters. The molecule has 0 radical (unpaired) electrons. The maximum Gasteiger partial charge on any atom is 0.329 e. The van der Waals surface area contributed by atoms with Gasteiger partial charge in [-0.2, -0.15) is 0 Å². The molecule has 2 aliphatic rings. The lowest BCUT2D eigenvalue weighted by Gasteiger charge is -2.33. The van der Waals surface area contributed by atoms with E-state index < -0.39 is 11.9 Å². The Bertz CT molecular complexity index is 1510. The minimum absolute atomic E-state index is 0.108. The number of carbonyl (C=O) groups excluding carboxylic acids is 2. The van der Waals surface area contributed by atoms with E-state index >= 15 is 0 Å². The third-order valence-electron chi connectivity index (χ3n) is 7.50. The number of benzene rings is 2. The van der Waals surface area contributed by atoms with Gasteiger partial charge in [-0.05, 0) is 49.4 Å². The Hall–Kier alpha value is -3.91. The summed E-state index contributed by atoms with van der Waals surface area (Å²) in [5.74, 6) is 6.62. The van der Waals surface area contributed by atoms with Gasteiger partial charge >= 0.3 is 5.69 Å². The molecule has 1 N–H and O–H groups in total. The van der Waals surface area contributed by atoms with E-state index in [9.17, 15) is 14.4 Å². The fourth-order valence-corrected chi connectivity index (χ4v) is 5.41. The summed E-state index contributed by atoms with van der Waals surface area (Å²) in [6.07, 6.45) is 0.629. The number of hydrogen-bond donors (Lipinski definition) is 1. The number of imidazole rings is 1. The largest absolute Gasteiger partial charge is 0.497 e. The summed E-state index contributed by atoms with van der Waals surface area (Å²) >= 11 is 0. The summed E-state index contributed by atoms with van der Waals surface area (Å²) in [6, 6.07) is 13.0. The van der Waals surface area contributed by atoms with Crippen LogP contribution in [0.25, 0.3) is 11.0 Å². The summed E-state index contributed by atoms with van der Waals surface area (Å²) in [7, 11) is 5.45. The number of ether oxygens (including phenoxy) is 2. The quantitative estimate of drug-likeness (QED) is 0.355. The van der Waals surface area contributed by atoms with Crippen molar-refractivity contribution in [3.05, 3.63) is 64.1 Å². The molecule has 2 aliphatic heterocycles. The van der Waals surface area contributed by atoms with Crippen LogP contribution in [0.1, 0.15) is 30.0 Å². The van der Waals surface area contributed by atoms with Gasteiger partial charge in [0.25, 0.3) is 0 Å². The molecule has 3 aromatic rings. The molecule has 1 unspecified atom stereocenters. The number of aryl methyl sites for hydroxylation is 1. The van der Waals surface area contributed by atoms with E-state index in [2.05, 4.69) is 46.1 Å². The first-order valence-electron chi connectivity index (χ1n) is 13.5. The zero-order chi connectivity index (χ0) is 28.2. The zero-order valence-corrected chi connectivity index (χ0v) is 23.2. The fourth-order valence-electron chi connectivity index (χ4n) is 5.41. The minimum atomic E-state index is -0.699. The van der Waals surface area contributed by atoms with E-state index in [1.54, 1.807) is 14.2 Å². The van der Waals surface area contributed by atoms with Crippen LogP contribution in [0, 0.1) is 11.8 Å². The fraction of sp³-hybridized carbons (Fsp3) is 0.433. The van der Waals surface area contributed by atoms with E-state index in [1.165, 1.54) is 14.7 Å². The maximum atomic E-state index is 13.0. The lowest BCUT2D eigenvalue weighted by molar-refractivity contribution is -0.135. The van der Waals surface area contributed by atoms with Crippen LogP contribution in [-0.4, -0.2) is 83.8 Å². The summed E-state index contributed by atoms with van der Waals surface area (Å²) < 4.78 is 14.3. The molecular formula is C30H35N5O5. The van der Waals surface area contributed by atoms with Crippen LogP contribution < -0.4 is 15.7 Å². The van der Waals surface area contributed by atoms with Crippen LogP contribution in [0.5, 0.6) is 5.75 Å². The van der Waals surface area contributed by atoms with Crippen molar-refractivity contribution in [3.8, 4) is 17.6 Å². The number of nitrogens with zero attached hydrogens (tertiary/aromatic N) is 4. The number of likely N-dealkylation sites (N-methyl/N-ethyl adjacent to an activating group) is 1. The van der Waals surface area contributed by atoms with Crippen molar-refractivity contribution in [2.45, 2.75) is 31.5 Å². The number of aromatic nitrogens is 2. The van der Waals surface area contributed by atoms with Crippen molar-refractivity contribution in [2.75, 3.05) is 46.9 Å². The second kappa shape index (κ2) is 12.1. The first-order chi connectivity index (χ1) is 19.3. The number of rotatable bonds is 7. The molecule has 10 nitrogen and oxygen atoms in total. The van der Waals surface area contributed by atoms with Crippen molar-refractivity contribution in [1.29, 1.82) is 0 Å². The van der Waals surface area contributed by atoms with Gasteiger partial charge in [0, 0.05) is 45.2 Å². The average molecular weight is 546 g/mol. The standard InChI is InChI=1S/C30H35N5O5/c1-32(18-22-6-9-23(39-3)10-7-22)19-24-20-34(15-16-40-24)14-4-5-21-8-11-25-27(17-21)33(2)30(38)35(25)26-12-13-28(36)31-29(26)37/h6-11,17,24,26H,12-16,18-20H2,1-3H3,(H,31,36,37)/t24-,26?/m0/s1. The Labute approximate surface area is 233 Å². The van der Waals surface area contributed by atoms with Gasteiger partial charge in [0.05, 0.1) is 37.4 Å². The molecule has 3 heterocycles. The second-order valence-corrected chi connectivity index (χ2v) is 10.5. The highest BCUT2D eigenvalue weighted by molar-refractivity contribution is 6.00. The van der Waals surface area contributed by atoms with Gasteiger partial charge in [-0.25, -0.2) is 4.79 Å². The zero-order valence-electron chi connectivity index (χ0n) is 23.2. The first kappa shape index (κ1) is 27.6. The molecule has 40 heavy (non-hydrogen) atoms. The van der Waals surface area contributed by atoms with Crippen molar-refractivity contribution < 1.29 is 19.1 Å². The third-order valence-corrected chi connectivity index (χ3v) is 7.50. The summed E-state index contributed by atoms with van der Waals surface area (Å²) in [4.78, 5) is 41.5. The maximum absolute atomic E-state index is 13.0. The Morgan fingerprint density at radius 1 is 1.12 bits per heavy atom. The van der Waals surface area contributed by atoms with Gasteiger partial charge in [0.1, 0.15) is 11.8 Å². The Kier molecular flexibility index (Phi) is 8.35. The monoisotopic (exact) mass is 545 g/mol. The van der Waals surface area contributed by atoms with Gasteiger partial charge in [-0.1, -0.05) is 24.0 Å². The van der Waals surface area contributed by atoms with E-state index in [0.717, 1.165) is 37.5 Å². The molecule has 10 heteroatoms. The number of fused-ring (bicyclic) bond motifs is 1. The van der Waals surface area contributed by atoms with Crippen LogP contribution in [0.15, 0.2) is 47.3 Å². The van der Waals surface area contributed by atoms with E-state index in [0.29, 0.717) is 30.6 Å². The highest BCUT2D eigenvalue weighted by Gasteiger charge is 2.31. The number of carbonyl (C=O) groups is 2. The number of imide groups is 1. The number of amides is 2. The van der Waals surface area contributed by atoms with Crippen LogP contribution in [0.3, 0.4) is 0 Å². The highest BCUT2D eigenvalue weighted by atomic mass is 16.5. The Morgan fingerprint density at radius 2 is 1.93 bits per heavy atom. The van der Waals surface area contributed by atoms with Crippen molar-refractivity contribution >= 4 is 22.8 Å². The van der Waals surface area contributed by atoms with Gasteiger partial charge in [0.2, 0.25) is 11.8 Å². The molecule has 2 amide bonds. The number of methoxy groups -OCH3 is 1. The first-order valence-corrected chi connectivity index (χ1v) is 13.5. The predicted octanol–water partition coefficient (Wildman–Crippen LogP) is 1.51. The van der Waals surface area contributed by atoms with Crippen molar-refractivity contribution in [3.63, 3.8) is 0 Å². The summed E-state index contributed by atoms with van der Waals surface area (Å²) in [5.41, 5.74) is 3.09. The van der Waals surface area contributed by atoms with E-state index in [4.69, 9.17) is 9.47 Å². The van der Waals surface area contributed by atoms with Crippen LogP contribution in [0.2, 0.25) is 0 Å². The van der Waals surface area contributed by atoms with Gasteiger partial charge in [-0.15, -0.1) is 0 Å². The summed E-state index contributed by atoms with van der Waals surface area (Å²) in [5, 5.41) is 2.34. The molecule has 0 spiro atoms. The minimum Gasteiger partial charge on any atom is -0.497 e. The molecule has 2 saturated heterocycles. The van der Waals surface area contributed by atoms with Crippen LogP contribution in [-0.2, 0) is 27.9 Å². The molecule has 210 valence electrons. The molecule has 0 aliphatic carbocycles. The number of morpholine rings is 1. The highest BCUT2D eigenvalue weighted by Crippen LogP contribution is 2.23. The molecule has 5 rings (SSSR count). The third kappa shape index (κ3) is 6.12.